The zero-order valence-electron chi connectivity index (χ0n) is 11.6. The third-order valence-electron chi connectivity index (χ3n) is 2.71. The molecule has 0 aromatic heterocycles. The molecule has 0 amide bonds. The van der Waals surface area contributed by atoms with E-state index in [9.17, 15) is 0 Å². The number of benzene rings is 1. The number of unbranched alkanes of at least 4 members (excludes halogenated alkanes) is 1. The molecule has 4 nitrogen and oxygen atoms in total. The van der Waals surface area contributed by atoms with Crippen LogP contribution in [-0.4, -0.2) is 33.9 Å². The average Bonchev–Trinajstić information content (AvgIpc) is 2.42. The predicted molar refractivity (Wildman–Crippen MR) is 71.6 cm³/mol. The molecule has 0 atom stereocenters. The molecule has 0 aliphatic carbocycles. The van der Waals surface area contributed by atoms with Crippen LogP contribution in [0.3, 0.4) is 0 Å². The maximum absolute atomic E-state index is 5.75. The Labute approximate surface area is 109 Å². The number of hydrogen-bond donors (Lipinski definition) is 1. The van der Waals surface area contributed by atoms with Gasteiger partial charge in [-0.1, -0.05) is 19.4 Å². The predicted octanol–water partition coefficient (Wildman–Crippen LogP) is 1.45. The highest BCUT2D eigenvalue weighted by molar-refractivity contribution is 5.51. The van der Waals surface area contributed by atoms with E-state index >= 15 is 0 Å². The van der Waals surface area contributed by atoms with Crippen LogP contribution in [0.15, 0.2) is 18.2 Å². The van der Waals surface area contributed by atoms with Crippen LogP contribution in [0.5, 0.6) is 17.2 Å². The second-order valence-electron chi connectivity index (χ2n) is 4.06. The van der Waals surface area contributed by atoms with Gasteiger partial charge in [-0.15, -0.1) is 0 Å². The third kappa shape index (κ3) is 4.45. The highest BCUT2D eigenvalue weighted by Gasteiger charge is 2.10. The van der Waals surface area contributed by atoms with Crippen LogP contribution in [0.4, 0.5) is 0 Å². The van der Waals surface area contributed by atoms with Gasteiger partial charge in [-0.3, -0.25) is 0 Å². The van der Waals surface area contributed by atoms with E-state index in [1.807, 2.05) is 18.2 Å². The largest absolute Gasteiger partial charge is 0.493 e. The quantitative estimate of drug-likeness (QED) is 0.678. The summed E-state index contributed by atoms with van der Waals surface area (Å²) in [5.41, 5.74) is 0. The van der Waals surface area contributed by atoms with Gasteiger partial charge in [0, 0.05) is 0 Å². The van der Waals surface area contributed by atoms with Crippen LogP contribution in [0, 0.1) is 0 Å². The van der Waals surface area contributed by atoms with Gasteiger partial charge in [-0.05, 0) is 18.6 Å². The van der Waals surface area contributed by atoms with Crippen molar-refractivity contribution in [1.82, 2.24) is 0 Å². The van der Waals surface area contributed by atoms with Crippen molar-refractivity contribution in [1.29, 1.82) is 0 Å². The number of para-hydroxylation sites is 1. The molecule has 0 aliphatic rings. The molecule has 1 aromatic rings. The first-order valence-electron chi connectivity index (χ1n) is 6.49. The monoisotopic (exact) mass is 254 g/mol. The molecular formula is C14H24NO3+. The van der Waals surface area contributed by atoms with Crippen LogP contribution >= 0.6 is 0 Å². The molecule has 18 heavy (non-hydrogen) atoms. The molecule has 4 heteroatoms. The zero-order valence-corrected chi connectivity index (χ0v) is 11.6. The van der Waals surface area contributed by atoms with Gasteiger partial charge in [-0.2, -0.15) is 0 Å². The van der Waals surface area contributed by atoms with Crippen molar-refractivity contribution in [3.63, 3.8) is 0 Å². The molecule has 0 saturated heterocycles. The van der Waals surface area contributed by atoms with E-state index in [1.54, 1.807) is 14.2 Å². The lowest BCUT2D eigenvalue weighted by Gasteiger charge is -2.13. The molecule has 0 bridgehead atoms. The fraction of sp³-hybridized carbons (Fsp3) is 0.571. The van der Waals surface area contributed by atoms with Crippen molar-refractivity contribution < 1.29 is 19.5 Å². The van der Waals surface area contributed by atoms with Crippen molar-refractivity contribution in [3.8, 4) is 17.2 Å². The molecule has 1 aromatic carbocycles. The Bertz CT molecular complexity index is 320. The molecule has 0 saturated carbocycles. The van der Waals surface area contributed by atoms with Gasteiger partial charge in [0.05, 0.1) is 20.8 Å². The van der Waals surface area contributed by atoms with Gasteiger partial charge in [0.15, 0.2) is 11.5 Å². The fourth-order valence-electron chi connectivity index (χ4n) is 1.70. The summed E-state index contributed by atoms with van der Waals surface area (Å²) in [4.78, 5) is 0. The van der Waals surface area contributed by atoms with E-state index in [4.69, 9.17) is 14.2 Å². The van der Waals surface area contributed by atoms with Gasteiger partial charge in [0.25, 0.3) is 0 Å². The molecule has 0 aliphatic heterocycles. The van der Waals surface area contributed by atoms with Crippen LogP contribution in [0.1, 0.15) is 19.8 Å². The number of ether oxygens (including phenoxy) is 3. The summed E-state index contributed by atoms with van der Waals surface area (Å²) in [6.45, 7) is 4.95. The number of quaternary nitrogens is 1. The Kier molecular flexibility index (Phi) is 7.03. The minimum atomic E-state index is 0.653. The van der Waals surface area contributed by atoms with E-state index in [-0.39, 0.29) is 0 Å². The topological polar surface area (TPSA) is 44.3 Å². The number of methoxy groups -OCH3 is 2. The Hall–Kier alpha value is -1.42. The average molecular weight is 254 g/mol. The number of nitrogens with two attached hydrogens (primary N) is 1. The zero-order chi connectivity index (χ0) is 13.2. The van der Waals surface area contributed by atoms with Gasteiger partial charge in [-0.25, -0.2) is 0 Å². The van der Waals surface area contributed by atoms with E-state index < -0.39 is 0 Å². The molecule has 0 fully saturated rings. The van der Waals surface area contributed by atoms with E-state index in [2.05, 4.69) is 12.2 Å². The smallest absolute Gasteiger partial charge is 0.203 e. The van der Waals surface area contributed by atoms with Crippen molar-refractivity contribution in [2.45, 2.75) is 19.8 Å². The maximum atomic E-state index is 5.75. The van der Waals surface area contributed by atoms with Gasteiger partial charge in [0.1, 0.15) is 13.2 Å². The molecule has 102 valence electrons. The summed E-state index contributed by atoms with van der Waals surface area (Å²) in [5, 5.41) is 2.27. The number of hydrogen-bond acceptors (Lipinski definition) is 3. The molecule has 0 radical (unpaired) electrons. The highest BCUT2D eigenvalue weighted by atomic mass is 16.5. The first kappa shape index (κ1) is 14.6. The molecule has 0 heterocycles. The van der Waals surface area contributed by atoms with Gasteiger partial charge < -0.3 is 19.5 Å². The first-order chi connectivity index (χ1) is 8.83. The summed E-state index contributed by atoms with van der Waals surface area (Å²) in [6, 6.07) is 5.63. The van der Waals surface area contributed by atoms with Crippen molar-refractivity contribution >= 4 is 0 Å². The Morgan fingerprint density at radius 3 is 2.28 bits per heavy atom. The first-order valence-corrected chi connectivity index (χ1v) is 6.49. The molecule has 0 spiro atoms. The Morgan fingerprint density at radius 1 is 1.06 bits per heavy atom. The lowest BCUT2D eigenvalue weighted by Crippen LogP contribution is -2.85. The maximum Gasteiger partial charge on any atom is 0.203 e. The van der Waals surface area contributed by atoms with E-state index in [0.717, 1.165) is 13.1 Å². The second kappa shape index (κ2) is 8.64. The van der Waals surface area contributed by atoms with Gasteiger partial charge in [0.2, 0.25) is 5.75 Å². The molecular weight excluding hydrogens is 230 g/mol. The van der Waals surface area contributed by atoms with Crippen LogP contribution in [-0.2, 0) is 0 Å². The van der Waals surface area contributed by atoms with E-state index in [0.29, 0.717) is 23.9 Å². The summed E-state index contributed by atoms with van der Waals surface area (Å²) >= 11 is 0. The molecule has 0 unspecified atom stereocenters. The van der Waals surface area contributed by atoms with Crippen molar-refractivity contribution in [2.75, 3.05) is 33.9 Å². The summed E-state index contributed by atoms with van der Waals surface area (Å²) in [5.74, 6) is 2.11. The lowest BCUT2D eigenvalue weighted by molar-refractivity contribution is -0.655. The van der Waals surface area contributed by atoms with Crippen molar-refractivity contribution in [2.24, 2.45) is 0 Å². The fourth-order valence-corrected chi connectivity index (χ4v) is 1.70. The summed E-state index contributed by atoms with van der Waals surface area (Å²) in [7, 11) is 3.27. The third-order valence-corrected chi connectivity index (χ3v) is 2.71. The SMILES string of the molecule is CCCC[NH2+]CCOc1c(OC)cccc1OC. The minimum absolute atomic E-state index is 0.653. The van der Waals surface area contributed by atoms with Crippen LogP contribution in [0.2, 0.25) is 0 Å². The van der Waals surface area contributed by atoms with Gasteiger partial charge >= 0.3 is 0 Å². The normalized spacial score (nSPS) is 10.2. The van der Waals surface area contributed by atoms with E-state index in [1.165, 1.54) is 12.8 Å². The summed E-state index contributed by atoms with van der Waals surface area (Å²) < 4.78 is 16.3. The Morgan fingerprint density at radius 2 is 1.72 bits per heavy atom. The van der Waals surface area contributed by atoms with Crippen LogP contribution < -0.4 is 19.5 Å². The highest BCUT2D eigenvalue weighted by Crippen LogP contribution is 2.36. The standard InChI is InChI=1S/C14H23NO3/c1-4-5-9-15-10-11-18-14-12(16-2)7-6-8-13(14)17-3/h6-8,15H,4-5,9-11H2,1-3H3/p+1. The second-order valence-corrected chi connectivity index (χ2v) is 4.06. The summed E-state index contributed by atoms with van der Waals surface area (Å²) in [6.07, 6.45) is 2.48. The molecule has 1 rings (SSSR count). The Balaban J connectivity index is 2.45. The molecule has 2 N–H and O–H groups in total. The van der Waals surface area contributed by atoms with Crippen LogP contribution in [0.25, 0.3) is 0 Å². The number of rotatable bonds is 9. The minimum Gasteiger partial charge on any atom is -0.493 e. The van der Waals surface area contributed by atoms with Crippen molar-refractivity contribution in [3.05, 3.63) is 18.2 Å². The lowest BCUT2D eigenvalue weighted by atomic mass is 10.3.